The molecule has 1 N–H and O–H groups in total. The number of carbonyl (C=O) groups excluding carboxylic acids is 1. The van der Waals surface area contributed by atoms with Crippen molar-refractivity contribution in [2.45, 2.75) is 4.90 Å². The molecule has 11 heteroatoms. The van der Waals surface area contributed by atoms with E-state index < -0.39 is 27.4 Å². The highest BCUT2D eigenvalue weighted by molar-refractivity contribution is 7.89. The highest BCUT2D eigenvalue weighted by Crippen LogP contribution is 2.26. The van der Waals surface area contributed by atoms with Crippen LogP contribution in [0.5, 0.6) is 5.75 Å². The molecule has 1 amide bonds. The standard InChI is InChI=1S/C17H18N4O6S/c1-20(28(25,26)14-6-4-3-5-7-14)12-17(22)19-18-11-13-8-9-16(27-2)15(10-13)21(23)24/h3-11H,12H2,1-2H3,(H,19,22)/b18-11-. The van der Waals surface area contributed by atoms with Crippen LogP contribution in [0.2, 0.25) is 0 Å². The Hall–Kier alpha value is -3.31. The molecule has 2 aromatic rings. The summed E-state index contributed by atoms with van der Waals surface area (Å²) >= 11 is 0. The van der Waals surface area contributed by atoms with E-state index in [0.717, 1.165) is 4.31 Å². The Morgan fingerprint density at radius 1 is 1.29 bits per heavy atom. The van der Waals surface area contributed by atoms with Crippen LogP contribution in [-0.4, -0.2) is 50.5 Å². The van der Waals surface area contributed by atoms with Gasteiger partial charge in [0, 0.05) is 18.7 Å². The molecular weight excluding hydrogens is 388 g/mol. The van der Waals surface area contributed by atoms with Gasteiger partial charge in [0.1, 0.15) is 0 Å². The molecule has 0 aliphatic heterocycles. The lowest BCUT2D eigenvalue weighted by Gasteiger charge is -2.15. The van der Waals surface area contributed by atoms with Crippen molar-refractivity contribution in [1.82, 2.24) is 9.73 Å². The Labute approximate surface area is 161 Å². The van der Waals surface area contributed by atoms with Crippen molar-refractivity contribution in [2.24, 2.45) is 5.10 Å². The van der Waals surface area contributed by atoms with Crippen LogP contribution >= 0.6 is 0 Å². The first-order chi connectivity index (χ1) is 13.3. The number of nitrogens with one attached hydrogen (secondary N) is 1. The maximum absolute atomic E-state index is 12.4. The minimum atomic E-state index is -3.80. The first-order valence-corrected chi connectivity index (χ1v) is 9.35. The van der Waals surface area contributed by atoms with Gasteiger partial charge in [0.25, 0.3) is 5.91 Å². The molecule has 10 nitrogen and oxygen atoms in total. The van der Waals surface area contributed by atoms with Crippen molar-refractivity contribution in [3.8, 4) is 5.75 Å². The highest BCUT2D eigenvalue weighted by Gasteiger charge is 2.22. The van der Waals surface area contributed by atoms with E-state index in [4.69, 9.17) is 4.74 Å². The maximum Gasteiger partial charge on any atom is 0.311 e. The highest BCUT2D eigenvalue weighted by atomic mass is 32.2. The van der Waals surface area contributed by atoms with Gasteiger partial charge < -0.3 is 4.74 Å². The van der Waals surface area contributed by atoms with Gasteiger partial charge in [-0.15, -0.1) is 0 Å². The summed E-state index contributed by atoms with van der Waals surface area (Å²) in [6.07, 6.45) is 1.20. The number of hydrazone groups is 1. The molecule has 0 heterocycles. The summed E-state index contributed by atoms with van der Waals surface area (Å²) in [6, 6.07) is 11.9. The summed E-state index contributed by atoms with van der Waals surface area (Å²) < 4.78 is 30.5. The lowest BCUT2D eigenvalue weighted by Crippen LogP contribution is -2.36. The van der Waals surface area contributed by atoms with E-state index in [2.05, 4.69) is 10.5 Å². The third kappa shape index (κ3) is 5.11. The fraction of sp³-hybridized carbons (Fsp3) is 0.176. The molecule has 0 fully saturated rings. The fourth-order valence-corrected chi connectivity index (χ4v) is 3.35. The van der Waals surface area contributed by atoms with Gasteiger partial charge in [-0.2, -0.15) is 9.41 Å². The number of methoxy groups -OCH3 is 1. The first-order valence-electron chi connectivity index (χ1n) is 7.91. The molecule has 0 unspecified atom stereocenters. The smallest absolute Gasteiger partial charge is 0.311 e. The molecule has 0 bridgehead atoms. The minimum absolute atomic E-state index is 0.0688. The predicted molar refractivity (Wildman–Crippen MR) is 102 cm³/mol. The Bertz CT molecular complexity index is 992. The van der Waals surface area contributed by atoms with Crippen LogP contribution in [0.15, 0.2) is 58.5 Å². The van der Waals surface area contributed by atoms with E-state index in [9.17, 15) is 23.3 Å². The van der Waals surface area contributed by atoms with E-state index in [1.54, 1.807) is 18.2 Å². The Balaban J connectivity index is 2.00. The van der Waals surface area contributed by atoms with E-state index >= 15 is 0 Å². The van der Waals surface area contributed by atoms with Crippen molar-refractivity contribution in [3.05, 3.63) is 64.2 Å². The monoisotopic (exact) mass is 406 g/mol. The number of sulfonamides is 1. The summed E-state index contributed by atoms with van der Waals surface area (Å²) in [5.41, 5.74) is 2.30. The number of benzene rings is 2. The van der Waals surface area contributed by atoms with E-state index in [1.165, 1.54) is 50.7 Å². The van der Waals surface area contributed by atoms with Crippen LogP contribution in [0.4, 0.5) is 5.69 Å². The molecule has 2 aromatic carbocycles. The normalized spacial score (nSPS) is 11.5. The average molecular weight is 406 g/mol. The topological polar surface area (TPSA) is 131 Å². The molecular formula is C17H18N4O6S. The lowest BCUT2D eigenvalue weighted by molar-refractivity contribution is -0.385. The predicted octanol–water partition coefficient (Wildman–Crippen LogP) is 1.37. The van der Waals surface area contributed by atoms with Crippen molar-refractivity contribution < 1.29 is 22.9 Å². The molecule has 0 atom stereocenters. The Kier molecular flexibility index (Phi) is 6.79. The molecule has 0 aromatic heterocycles. The number of likely N-dealkylation sites (N-methyl/N-ethyl adjacent to an activating group) is 1. The van der Waals surface area contributed by atoms with E-state index in [1.807, 2.05) is 0 Å². The number of nitro groups is 1. The van der Waals surface area contributed by atoms with Gasteiger partial charge in [-0.05, 0) is 24.3 Å². The zero-order chi connectivity index (χ0) is 20.7. The van der Waals surface area contributed by atoms with Gasteiger partial charge in [0.15, 0.2) is 5.75 Å². The Morgan fingerprint density at radius 3 is 2.57 bits per heavy atom. The minimum Gasteiger partial charge on any atom is -0.490 e. The van der Waals surface area contributed by atoms with Crippen molar-refractivity contribution in [2.75, 3.05) is 20.7 Å². The fourth-order valence-electron chi connectivity index (χ4n) is 2.20. The van der Waals surface area contributed by atoms with Gasteiger partial charge in [-0.3, -0.25) is 14.9 Å². The van der Waals surface area contributed by atoms with Gasteiger partial charge in [-0.1, -0.05) is 18.2 Å². The van der Waals surface area contributed by atoms with Gasteiger partial charge in [0.2, 0.25) is 10.0 Å². The third-order valence-electron chi connectivity index (χ3n) is 3.62. The van der Waals surface area contributed by atoms with Crippen LogP contribution in [0.3, 0.4) is 0 Å². The second-order valence-corrected chi connectivity index (χ2v) is 7.60. The summed E-state index contributed by atoms with van der Waals surface area (Å²) in [6.45, 7) is -0.447. The summed E-state index contributed by atoms with van der Waals surface area (Å²) in [4.78, 5) is 22.4. The lowest BCUT2D eigenvalue weighted by atomic mass is 10.2. The maximum atomic E-state index is 12.4. The second kappa shape index (κ2) is 9.06. The Morgan fingerprint density at radius 2 is 1.96 bits per heavy atom. The number of carbonyl (C=O) groups is 1. The average Bonchev–Trinajstić information content (AvgIpc) is 2.68. The largest absolute Gasteiger partial charge is 0.490 e. The van der Waals surface area contributed by atoms with E-state index in [-0.39, 0.29) is 16.3 Å². The number of amides is 1. The molecule has 28 heavy (non-hydrogen) atoms. The molecule has 0 aliphatic rings. The van der Waals surface area contributed by atoms with Crippen molar-refractivity contribution in [3.63, 3.8) is 0 Å². The van der Waals surface area contributed by atoms with Crippen LogP contribution < -0.4 is 10.2 Å². The van der Waals surface area contributed by atoms with Gasteiger partial charge in [0.05, 0.1) is 29.7 Å². The summed E-state index contributed by atoms with van der Waals surface area (Å²) in [5.74, 6) is -0.569. The SMILES string of the molecule is COc1ccc(/C=N\NC(=O)CN(C)S(=O)(=O)c2ccccc2)cc1[N+](=O)[O-]. The molecule has 148 valence electrons. The number of hydrogen-bond acceptors (Lipinski definition) is 7. The number of nitro benzene ring substituents is 1. The zero-order valence-electron chi connectivity index (χ0n) is 15.1. The van der Waals surface area contributed by atoms with Crippen LogP contribution in [0.25, 0.3) is 0 Å². The molecule has 0 radical (unpaired) electrons. The first kappa shape index (κ1) is 21.0. The molecule has 0 spiro atoms. The van der Waals surface area contributed by atoms with Crippen molar-refractivity contribution in [1.29, 1.82) is 0 Å². The molecule has 2 rings (SSSR count). The number of rotatable bonds is 8. The third-order valence-corrected chi connectivity index (χ3v) is 5.44. The van der Waals surface area contributed by atoms with Crippen LogP contribution in [0, 0.1) is 10.1 Å². The quantitative estimate of drug-likeness (QED) is 0.400. The zero-order valence-corrected chi connectivity index (χ0v) is 15.9. The molecule has 0 aliphatic carbocycles. The van der Waals surface area contributed by atoms with E-state index in [0.29, 0.717) is 5.56 Å². The summed E-state index contributed by atoms with van der Waals surface area (Å²) in [5, 5.41) is 14.7. The van der Waals surface area contributed by atoms with Gasteiger partial charge >= 0.3 is 5.69 Å². The molecule has 0 saturated heterocycles. The molecule has 0 saturated carbocycles. The number of nitrogens with zero attached hydrogens (tertiary/aromatic N) is 3. The second-order valence-electron chi connectivity index (χ2n) is 5.56. The number of ether oxygens (including phenoxy) is 1. The van der Waals surface area contributed by atoms with Gasteiger partial charge in [-0.25, -0.2) is 13.8 Å². The summed E-state index contributed by atoms with van der Waals surface area (Å²) in [7, 11) is -1.21. The van der Waals surface area contributed by atoms with Crippen LogP contribution in [-0.2, 0) is 14.8 Å². The van der Waals surface area contributed by atoms with Crippen LogP contribution in [0.1, 0.15) is 5.56 Å². The number of hydrogen-bond donors (Lipinski definition) is 1. The van der Waals surface area contributed by atoms with Crippen molar-refractivity contribution >= 4 is 27.8 Å².